The van der Waals surface area contributed by atoms with E-state index >= 15 is 0 Å². The van der Waals surface area contributed by atoms with Gasteiger partial charge in [-0.05, 0) is 12.0 Å². The van der Waals surface area contributed by atoms with Crippen LogP contribution in [0.15, 0.2) is 30.3 Å². The Kier molecular flexibility index (Phi) is 41.1. The van der Waals surface area contributed by atoms with Gasteiger partial charge in [-0.25, -0.2) is 0 Å². The summed E-state index contributed by atoms with van der Waals surface area (Å²) in [6.07, 6.45) is -120. The fourth-order valence-corrected chi connectivity index (χ4v) is 18.9. The topological polar surface area (TPSA) is 909 Å². The quantitative estimate of drug-likeness (QED) is 0.0294. The van der Waals surface area contributed by atoms with Crippen LogP contribution in [0.3, 0.4) is 0 Å². The Morgan fingerprint density at radius 2 is 0.440 bits per heavy atom. The summed E-state index contributed by atoms with van der Waals surface area (Å²) in [7, 11) is 1.22. The third-order valence-electron chi connectivity index (χ3n) is 27.6. The van der Waals surface area contributed by atoms with Crippen molar-refractivity contribution < 1.29 is 287 Å². The van der Waals surface area contributed by atoms with Gasteiger partial charge in [0.1, 0.15) is 269 Å². The maximum absolute atomic E-state index is 12.3. The summed E-state index contributed by atoms with van der Waals surface area (Å²) < 4.78 is 142. The molecule has 0 spiro atoms. The number of methoxy groups -OCH3 is 1. The van der Waals surface area contributed by atoms with Gasteiger partial charge in [0.25, 0.3) is 0 Å². The number of hydrogen-bond donors (Lipinski definition) is 34. The molecule has 31 unspecified atom stereocenters. The van der Waals surface area contributed by atoms with Gasteiger partial charge in [0.2, 0.25) is 0 Å². The van der Waals surface area contributed by atoms with Crippen LogP contribution in [0.25, 0.3) is 0 Å². The molecule has 816 valence electrons. The lowest BCUT2D eigenvalue weighted by molar-refractivity contribution is -0.392. The molecule has 34 N–H and O–H groups in total. The first-order chi connectivity index (χ1) is 66.9. The van der Waals surface area contributed by atoms with E-state index in [1.165, 1.54) is 21.0 Å². The molecule has 58 nitrogen and oxygen atoms in total. The lowest BCUT2D eigenvalue weighted by Gasteiger charge is -2.50. The van der Waals surface area contributed by atoms with E-state index in [0.717, 1.165) is 0 Å². The zero-order valence-corrected chi connectivity index (χ0v) is 76.1. The number of benzene rings is 1. The molecular weight excluding hydrogens is 1920 g/mol. The monoisotopic (exact) mass is 2060 g/mol. The number of hydrogen-bond acceptors (Lipinski definition) is 58. The summed E-state index contributed by atoms with van der Waals surface area (Å²) in [5.41, 5.74) is 0.696. The van der Waals surface area contributed by atoms with Crippen LogP contribution >= 0.6 is 0 Å². The average Bonchev–Trinajstić information content (AvgIpc) is 0.767. The van der Waals surface area contributed by atoms with Crippen molar-refractivity contribution in [1.82, 2.24) is 0 Å². The van der Waals surface area contributed by atoms with Gasteiger partial charge in [-0.3, -0.25) is 0 Å². The third kappa shape index (κ3) is 25.0. The van der Waals surface area contributed by atoms with Crippen molar-refractivity contribution in [3.63, 3.8) is 0 Å². The predicted molar refractivity (Wildman–Crippen MR) is 438 cm³/mol. The summed E-state index contributed by atoms with van der Waals surface area (Å²) in [5.74, 6) is -2.09. The van der Waals surface area contributed by atoms with E-state index in [1.54, 1.807) is 37.3 Å². The van der Waals surface area contributed by atoms with Crippen LogP contribution in [0.1, 0.15) is 32.8 Å². The van der Waals surface area contributed by atoms with Gasteiger partial charge in [-0.15, -0.1) is 0 Å². The van der Waals surface area contributed by atoms with E-state index in [9.17, 15) is 174 Å². The molecule has 0 aromatic heterocycles. The second-order valence-corrected chi connectivity index (χ2v) is 37.0. The van der Waals surface area contributed by atoms with E-state index in [4.69, 9.17) is 114 Å². The van der Waals surface area contributed by atoms with Crippen molar-refractivity contribution in [2.75, 3.05) is 73.2 Å². The SMILES string of the molecule is CCC1O[C@@H](OC2C(C)C(O)C(O)C(O[C@@H]3OC(CO[C@@H]4OC(CO[C@@H]5OC(CO[C@@H]6OC(CO[C@@H]7OC(COC8OC(COC)C(O)C(O)C8O)[C@H](O)[C@H](O)C7O[C@@H]7OC(CO)[C@H](O)[C@H](O)C7O)[C@H](O)[C@H](O)C6O[C@@H]6OC(CO)[C@H](O)[C@H](O)C6O)[C@H](O)[C@H](O)C5O[C@@H]5OC(CO)[C@H](O)[C@H](O)C5O)[C@H](O)[C@H](O)C4O[C@@H]4OC(CO)[C@H](O)[C@H](O)C4O)[C@H](O)[C@H](O)C3O)C2C)C(O)[C@@H](OCc2ccccc2)[C@H]1O. The zero-order valence-electron chi connectivity index (χ0n) is 76.1. The fraction of sp³-hybridized carbons (Fsp3) is 0.928. The summed E-state index contributed by atoms with van der Waals surface area (Å²) in [5, 5.41) is 382. The van der Waals surface area contributed by atoms with Crippen molar-refractivity contribution in [3.8, 4) is 0 Å². The molecule has 141 heavy (non-hydrogen) atoms. The molecule has 13 rings (SSSR count). The molecule has 12 aliphatic rings. The highest BCUT2D eigenvalue weighted by Gasteiger charge is 2.62. The Labute approximate surface area is 801 Å². The van der Waals surface area contributed by atoms with E-state index in [0.29, 0.717) is 5.56 Å². The molecule has 61 atom stereocenters. The van der Waals surface area contributed by atoms with Gasteiger partial charge in [0.05, 0.1) is 97.1 Å². The molecule has 1 aliphatic carbocycles. The van der Waals surface area contributed by atoms with Crippen LogP contribution in [0.4, 0.5) is 0 Å². The highest BCUT2D eigenvalue weighted by atomic mass is 16.8. The first kappa shape index (κ1) is 115. The van der Waals surface area contributed by atoms with Crippen molar-refractivity contribution in [2.45, 2.75) is 396 Å². The molecular formula is C83H136O58. The fourth-order valence-electron chi connectivity index (χ4n) is 18.9. The van der Waals surface area contributed by atoms with E-state index < -0.39 is 433 Å². The molecule has 1 aromatic carbocycles. The number of aliphatic hydroxyl groups is 34. The first-order valence-corrected chi connectivity index (χ1v) is 46.2. The third-order valence-corrected chi connectivity index (χ3v) is 27.6. The average molecular weight is 2060 g/mol. The normalized spacial score (nSPS) is 51.9. The zero-order chi connectivity index (χ0) is 103. The maximum Gasteiger partial charge on any atom is 0.187 e. The van der Waals surface area contributed by atoms with Crippen molar-refractivity contribution in [3.05, 3.63) is 35.9 Å². The van der Waals surface area contributed by atoms with E-state index in [-0.39, 0.29) is 19.6 Å². The van der Waals surface area contributed by atoms with Gasteiger partial charge in [0.15, 0.2) is 69.2 Å². The maximum atomic E-state index is 12.3. The Balaban J connectivity index is 0.761. The number of rotatable bonds is 37. The van der Waals surface area contributed by atoms with Gasteiger partial charge in [0, 0.05) is 18.9 Å². The molecule has 11 aliphatic heterocycles. The van der Waals surface area contributed by atoms with Gasteiger partial charge in [-0.2, -0.15) is 0 Å². The molecule has 0 amide bonds. The second-order valence-electron chi connectivity index (χ2n) is 37.0. The molecule has 11 saturated heterocycles. The second kappa shape index (κ2) is 50.4. The van der Waals surface area contributed by atoms with Gasteiger partial charge in [-0.1, -0.05) is 51.1 Å². The number of ether oxygens (including phenoxy) is 24. The summed E-state index contributed by atoms with van der Waals surface area (Å²) in [4.78, 5) is 0. The van der Waals surface area contributed by atoms with Crippen LogP contribution in [0.2, 0.25) is 0 Å². The molecule has 58 heteroatoms. The highest BCUT2D eigenvalue weighted by molar-refractivity contribution is 5.14. The first-order valence-electron chi connectivity index (χ1n) is 46.2. The predicted octanol–water partition coefficient (Wildman–Crippen LogP) is -20.9. The lowest BCUT2D eigenvalue weighted by atomic mass is 9.74. The smallest absolute Gasteiger partial charge is 0.187 e. The summed E-state index contributed by atoms with van der Waals surface area (Å²) in [6.45, 7) is -5.64. The Bertz CT molecular complexity index is 3850. The highest BCUT2D eigenvalue weighted by Crippen LogP contribution is 2.43. The molecule has 12 fully saturated rings. The summed E-state index contributed by atoms with van der Waals surface area (Å²) >= 11 is 0. The number of aliphatic hydroxyl groups excluding tert-OH is 34. The van der Waals surface area contributed by atoms with Crippen molar-refractivity contribution in [1.29, 1.82) is 0 Å². The lowest BCUT2D eigenvalue weighted by Crippen LogP contribution is -2.67. The molecule has 1 aromatic rings. The minimum Gasteiger partial charge on any atom is -0.394 e. The van der Waals surface area contributed by atoms with Crippen molar-refractivity contribution in [2.24, 2.45) is 11.8 Å². The van der Waals surface area contributed by atoms with Crippen LogP contribution in [0, 0.1) is 11.8 Å². The molecule has 0 bridgehead atoms. The van der Waals surface area contributed by atoms with Gasteiger partial charge < -0.3 is 287 Å². The van der Waals surface area contributed by atoms with Crippen LogP contribution < -0.4 is 0 Å². The van der Waals surface area contributed by atoms with E-state index in [2.05, 4.69) is 0 Å². The Morgan fingerprint density at radius 3 is 0.745 bits per heavy atom. The Hall–Kier alpha value is -3.10. The molecule has 0 radical (unpaired) electrons. The van der Waals surface area contributed by atoms with Crippen LogP contribution in [-0.2, 0) is 120 Å². The molecule has 1 saturated carbocycles. The van der Waals surface area contributed by atoms with Crippen LogP contribution in [-0.4, -0.2) is 609 Å². The van der Waals surface area contributed by atoms with E-state index in [1.807, 2.05) is 0 Å². The molecule has 11 heterocycles. The summed E-state index contributed by atoms with van der Waals surface area (Å²) in [6, 6.07) is 8.80. The Morgan fingerprint density at radius 1 is 0.206 bits per heavy atom. The van der Waals surface area contributed by atoms with Crippen molar-refractivity contribution >= 4 is 0 Å². The minimum atomic E-state index is -2.50. The minimum absolute atomic E-state index is 0.0533. The standard InChI is InChI=1S/C83H136O58/c1-5-25-47(99)68(119-15-24-9-7-6-8-10-24)65(117)79(125-25)136-66-22(2)36(88)54(106)67(23(66)3)137-78-64(116)53(105)42(94)31(131-78)18-121-80-70(139-75-61(113)49(101)38(90)27(12-85)127-75)56(108)44(96)33(133-80)20-123-82-72(141-77-63(115)51(103)40(92)29(14-87)129-77)58(110)46(98)35(135-82)21-124-83-71(140-76-62(114)50(102)39(91)28(13-86)128-76)57(109)45(97)34(134-83)19-122-81-69(138-74-60(112)48(100)37(89)26(11-84)126-74)55(107)43(95)32(132-81)17-120-73-59(111)52(104)41(93)30(130-73)16-118-4/h6-10,22-23,25-117H,5,11-21H2,1-4H3/t22?,23?,25?,26?,27?,28?,29?,30?,31?,32?,33?,34?,35?,36?,37-,38-,39-,40-,41?,42-,43-,44-,45-,46-,47-,48-,49-,50-,51-,52?,53-,54?,55-,56-,57-,58-,59?,60?,61?,62?,63?,64?,65?,66?,67?,68-,69?,70?,71?,72?,73?,74-,75-,76-,77-,78-,79-,80+,81+,82+,83+/m0/s1. The largest absolute Gasteiger partial charge is 0.394 e. The van der Waals surface area contributed by atoms with Crippen LogP contribution in [0.5, 0.6) is 0 Å². The van der Waals surface area contributed by atoms with Gasteiger partial charge >= 0.3 is 0 Å².